The van der Waals surface area contributed by atoms with Crippen LogP contribution in [-0.4, -0.2) is 26.1 Å². The second kappa shape index (κ2) is 3.91. The summed E-state index contributed by atoms with van der Waals surface area (Å²) in [7, 11) is 0. The second-order valence-electron chi connectivity index (χ2n) is 5.28. The molecule has 0 amide bonds. The molecule has 96 valence electrons. The molecule has 0 unspecified atom stereocenters. The highest BCUT2D eigenvalue weighted by Crippen LogP contribution is 2.42. The molecule has 3 N–H and O–H groups in total. The lowest BCUT2D eigenvalue weighted by Crippen LogP contribution is -2.39. The Morgan fingerprint density at radius 3 is 2.89 bits per heavy atom. The summed E-state index contributed by atoms with van der Waals surface area (Å²) in [5.74, 6) is 1.25. The van der Waals surface area contributed by atoms with Crippen molar-refractivity contribution in [1.82, 2.24) is 19.6 Å². The molecule has 3 rings (SSSR count). The summed E-state index contributed by atoms with van der Waals surface area (Å²) >= 11 is 0. The van der Waals surface area contributed by atoms with Gasteiger partial charge in [-0.3, -0.25) is 9.89 Å². The van der Waals surface area contributed by atoms with E-state index in [-0.39, 0.29) is 11.0 Å². The van der Waals surface area contributed by atoms with Crippen molar-refractivity contribution in [2.45, 2.75) is 32.6 Å². The number of hydrogen-bond donors (Lipinski definition) is 2. The number of hydrogen-bond acceptors (Lipinski definition) is 4. The molecular weight excluding hydrogens is 230 g/mol. The normalized spacial score (nSPS) is 17.9. The molecule has 6 nitrogen and oxygen atoms in total. The van der Waals surface area contributed by atoms with Gasteiger partial charge < -0.3 is 5.73 Å². The van der Waals surface area contributed by atoms with E-state index in [0.717, 1.165) is 25.1 Å². The van der Waals surface area contributed by atoms with E-state index in [1.54, 1.807) is 6.92 Å². The van der Waals surface area contributed by atoms with E-state index >= 15 is 0 Å². The lowest BCUT2D eigenvalue weighted by atomic mass is 9.66. The van der Waals surface area contributed by atoms with Crippen LogP contribution < -0.4 is 11.3 Å². The molecule has 0 spiro atoms. The Hall–Kier alpha value is -1.69. The quantitative estimate of drug-likeness (QED) is 0.821. The molecule has 2 aromatic rings. The van der Waals surface area contributed by atoms with Crippen molar-refractivity contribution >= 4 is 5.78 Å². The fourth-order valence-electron chi connectivity index (χ4n) is 2.60. The summed E-state index contributed by atoms with van der Waals surface area (Å²) in [5.41, 5.74) is 6.58. The molecule has 0 aliphatic heterocycles. The van der Waals surface area contributed by atoms with Crippen LogP contribution >= 0.6 is 0 Å². The molecule has 0 saturated heterocycles. The summed E-state index contributed by atoms with van der Waals surface area (Å²) in [5, 5.41) is 3.02. The third kappa shape index (κ3) is 1.73. The zero-order valence-corrected chi connectivity index (χ0v) is 10.4. The third-order valence-electron chi connectivity index (χ3n) is 3.89. The number of fused-ring (bicyclic) bond motifs is 1. The molecule has 1 aliphatic carbocycles. The average Bonchev–Trinajstić information content (AvgIpc) is 2.66. The minimum absolute atomic E-state index is 0.119. The number of aromatic amines is 1. The van der Waals surface area contributed by atoms with Crippen LogP contribution in [0, 0.1) is 12.3 Å². The van der Waals surface area contributed by atoms with Crippen LogP contribution in [0.3, 0.4) is 0 Å². The van der Waals surface area contributed by atoms with Crippen molar-refractivity contribution in [2.75, 3.05) is 6.54 Å². The molecule has 18 heavy (non-hydrogen) atoms. The predicted molar refractivity (Wildman–Crippen MR) is 67.4 cm³/mol. The average molecular weight is 247 g/mol. The first-order valence-corrected chi connectivity index (χ1v) is 6.27. The van der Waals surface area contributed by atoms with Gasteiger partial charge in [-0.25, -0.2) is 4.98 Å². The zero-order valence-electron chi connectivity index (χ0n) is 10.4. The van der Waals surface area contributed by atoms with Crippen LogP contribution in [0.2, 0.25) is 0 Å². The van der Waals surface area contributed by atoms with E-state index in [0.29, 0.717) is 18.0 Å². The molecule has 6 heteroatoms. The van der Waals surface area contributed by atoms with Crippen LogP contribution in [0.5, 0.6) is 0 Å². The molecule has 0 bridgehead atoms. The second-order valence-corrected chi connectivity index (χ2v) is 5.28. The molecule has 0 atom stereocenters. The fourth-order valence-corrected chi connectivity index (χ4v) is 2.60. The molecule has 2 heterocycles. The van der Waals surface area contributed by atoms with Gasteiger partial charge in [0, 0.05) is 18.2 Å². The molecule has 1 saturated carbocycles. The van der Waals surface area contributed by atoms with Crippen molar-refractivity contribution in [1.29, 1.82) is 0 Å². The van der Waals surface area contributed by atoms with Gasteiger partial charge in [-0.2, -0.15) is 9.50 Å². The zero-order chi connectivity index (χ0) is 12.8. The highest BCUT2D eigenvalue weighted by Gasteiger charge is 2.36. The number of H-pyrrole nitrogens is 1. The maximum Gasteiger partial charge on any atom is 0.274 e. The lowest BCUT2D eigenvalue weighted by molar-refractivity contribution is 0.141. The minimum atomic E-state index is -0.119. The van der Waals surface area contributed by atoms with Crippen molar-refractivity contribution in [3.05, 3.63) is 27.9 Å². The molecule has 1 aliphatic rings. The summed E-state index contributed by atoms with van der Waals surface area (Å²) in [6, 6.07) is 1.50. The summed E-state index contributed by atoms with van der Waals surface area (Å²) in [6.45, 7) is 2.47. The van der Waals surface area contributed by atoms with Crippen LogP contribution in [0.25, 0.3) is 5.78 Å². The highest BCUT2D eigenvalue weighted by molar-refractivity contribution is 5.28. The van der Waals surface area contributed by atoms with Gasteiger partial charge in [-0.05, 0) is 31.7 Å². The monoisotopic (exact) mass is 247 g/mol. The van der Waals surface area contributed by atoms with E-state index < -0.39 is 0 Å². The van der Waals surface area contributed by atoms with Gasteiger partial charge in [-0.1, -0.05) is 6.42 Å². The first kappa shape index (κ1) is 11.4. The summed E-state index contributed by atoms with van der Waals surface area (Å²) < 4.78 is 1.39. The number of aromatic nitrogens is 4. The maximum absolute atomic E-state index is 11.8. The Kier molecular flexibility index (Phi) is 2.48. The Bertz CT molecular complexity index is 632. The number of aryl methyl sites for hydroxylation is 1. The lowest BCUT2D eigenvalue weighted by Gasteiger charge is -2.40. The summed E-state index contributed by atoms with van der Waals surface area (Å²) in [4.78, 5) is 20.4. The summed E-state index contributed by atoms with van der Waals surface area (Å²) in [6.07, 6.45) is 4.31. The number of rotatable bonds is 3. The van der Waals surface area contributed by atoms with Gasteiger partial charge in [0.2, 0.25) is 0 Å². The smallest absolute Gasteiger partial charge is 0.274 e. The fraction of sp³-hybridized carbons (Fsp3) is 0.583. The first-order chi connectivity index (χ1) is 8.62. The maximum atomic E-state index is 11.8. The van der Waals surface area contributed by atoms with E-state index in [1.807, 2.05) is 0 Å². The Morgan fingerprint density at radius 2 is 2.28 bits per heavy atom. The van der Waals surface area contributed by atoms with Gasteiger partial charge in [0.25, 0.3) is 11.3 Å². The van der Waals surface area contributed by atoms with E-state index in [2.05, 4.69) is 15.1 Å². The largest absolute Gasteiger partial charge is 0.330 e. The van der Waals surface area contributed by atoms with Crippen LogP contribution in [0.1, 0.15) is 30.8 Å². The Balaban J connectivity index is 1.99. The first-order valence-electron chi connectivity index (χ1n) is 6.27. The number of nitrogens with one attached hydrogen (secondary N) is 1. The van der Waals surface area contributed by atoms with Gasteiger partial charge in [-0.15, -0.1) is 0 Å². The standard InChI is InChI=1S/C12H17N5O/c1-8-5-10(18)17-11(14-8)15-9(16-17)6-12(7-13)3-2-4-12/h5H,2-4,6-7,13H2,1H3,(H,14,15,16). The SMILES string of the molecule is Cc1cc(=O)n2[nH]c(CC3(CN)CCC3)nc2n1. The molecule has 0 radical (unpaired) electrons. The topological polar surface area (TPSA) is 89.1 Å². The Morgan fingerprint density at radius 1 is 1.50 bits per heavy atom. The predicted octanol–water partition coefficient (Wildman–Crippen LogP) is 0.398. The van der Waals surface area contributed by atoms with Gasteiger partial charge in [0.15, 0.2) is 0 Å². The van der Waals surface area contributed by atoms with Gasteiger partial charge in [0.1, 0.15) is 5.82 Å². The van der Waals surface area contributed by atoms with E-state index in [4.69, 9.17) is 5.73 Å². The van der Waals surface area contributed by atoms with Crippen LogP contribution in [-0.2, 0) is 6.42 Å². The number of nitrogens with zero attached hydrogens (tertiary/aromatic N) is 3. The van der Waals surface area contributed by atoms with Gasteiger partial charge >= 0.3 is 0 Å². The van der Waals surface area contributed by atoms with Crippen molar-refractivity contribution < 1.29 is 0 Å². The molecular formula is C12H17N5O. The van der Waals surface area contributed by atoms with Gasteiger partial charge in [0.05, 0.1) is 0 Å². The molecule has 2 aromatic heterocycles. The van der Waals surface area contributed by atoms with E-state index in [1.165, 1.54) is 17.0 Å². The van der Waals surface area contributed by atoms with Crippen molar-refractivity contribution in [2.24, 2.45) is 11.1 Å². The third-order valence-corrected chi connectivity index (χ3v) is 3.89. The minimum Gasteiger partial charge on any atom is -0.330 e. The van der Waals surface area contributed by atoms with E-state index in [9.17, 15) is 4.79 Å². The van der Waals surface area contributed by atoms with Crippen LogP contribution in [0.15, 0.2) is 10.9 Å². The van der Waals surface area contributed by atoms with Crippen molar-refractivity contribution in [3.8, 4) is 0 Å². The van der Waals surface area contributed by atoms with Crippen LogP contribution in [0.4, 0.5) is 0 Å². The molecule has 1 fully saturated rings. The van der Waals surface area contributed by atoms with Crippen molar-refractivity contribution in [3.63, 3.8) is 0 Å². The highest BCUT2D eigenvalue weighted by atomic mass is 16.1. The molecule has 0 aromatic carbocycles. The Labute approximate surface area is 104 Å². The number of nitrogens with two attached hydrogens (primary N) is 1.